The van der Waals surface area contributed by atoms with Crippen molar-refractivity contribution in [3.8, 4) is 89.5 Å². The zero-order chi connectivity index (χ0) is 99.4. The second kappa shape index (κ2) is 35.2. The van der Waals surface area contributed by atoms with Crippen LogP contribution in [0.1, 0.15) is 158 Å². The normalized spacial score (nSPS) is 12.5. The summed E-state index contributed by atoms with van der Waals surface area (Å²) in [4.78, 5) is 0. The van der Waals surface area contributed by atoms with E-state index >= 15 is 0 Å². The topological polar surface area (TPSA) is 32.9 Å². The van der Waals surface area contributed by atoms with Gasteiger partial charge in [-0.25, -0.2) is 0 Å². The molecule has 0 fully saturated rings. The summed E-state index contributed by atoms with van der Waals surface area (Å²) in [6.07, 6.45) is 0. The average molecular weight is 1880 g/mol. The smallest absolute Gasteiger partial charge is 0.143 e. The van der Waals surface area contributed by atoms with Gasteiger partial charge in [0.2, 0.25) is 0 Å². The highest BCUT2D eigenvalue weighted by Crippen LogP contribution is 2.51. The molecule has 0 saturated carbocycles. The Morgan fingerprint density at radius 3 is 0.868 bits per heavy atom. The summed E-state index contributed by atoms with van der Waals surface area (Å²) in [5, 5.41) is 15.3. The number of benzene rings is 19. The van der Waals surface area contributed by atoms with E-state index in [1.807, 2.05) is 17.4 Å². The molecule has 0 aliphatic carbocycles. The van der Waals surface area contributed by atoms with Crippen molar-refractivity contribution in [2.45, 2.75) is 157 Å². The van der Waals surface area contributed by atoms with Gasteiger partial charge >= 0.3 is 0 Å². The van der Waals surface area contributed by atoms with E-state index in [9.17, 15) is 0 Å². The van der Waals surface area contributed by atoms with Crippen molar-refractivity contribution < 1.29 is 4.42 Å². The summed E-state index contributed by atoms with van der Waals surface area (Å²) in [5.74, 6) is 0. The summed E-state index contributed by atoms with van der Waals surface area (Å²) < 4.78 is 19.0. The lowest BCUT2D eigenvalue weighted by Gasteiger charge is -2.20. The van der Waals surface area contributed by atoms with Crippen LogP contribution in [0.4, 0.5) is 0 Å². The van der Waals surface area contributed by atoms with E-state index in [2.05, 4.69) is 549 Å². The van der Waals surface area contributed by atoms with Crippen LogP contribution in [0.2, 0.25) is 0 Å². The monoisotopic (exact) mass is 1880 g/mol. The van der Waals surface area contributed by atoms with Gasteiger partial charge in [0.25, 0.3) is 0 Å². The first-order valence-electron chi connectivity index (χ1n) is 51.0. The third-order valence-electron chi connectivity index (χ3n) is 30.0. The Kier molecular flexibility index (Phi) is 22.5. The van der Waals surface area contributed by atoms with Crippen LogP contribution in [0.25, 0.3) is 219 Å². The lowest BCUT2D eigenvalue weighted by Crippen LogP contribution is -2.10. The number of rotatable bonds is 10. The quantitative estimate of drug-likeness (QED) is 0.134. The maximum absolute atomic E-state index is 6.52. The summed E-state index contributed by atoms with van der Waals surface area (Å²) in [5.41, 5.74) is 39.3. The molecule has 706 valence electrons. The van der Waals surface area contributed by atoms with Crippen LogP contribution >= 0.6 is 11.3 Å². The van der Waals surface area contributed by atoms with Gasteiger partial charge in [0.05, 0.1) is 61.2 Å². The van der Waals surface area contributed by atoms with E-state index in [1.165, 1.54) is 219 Å². The van der Waals surface area contributed by atoms with Gasteiger partial charge in [-0.15, -0.1) is 11.3 Å². The summed E-state index contributed by atoms with van der Waals surface area (Å²) in [6.45, 7) is 41.4. The zero-order valence-corrected chi connectivity index (χ0v) is 86.7. The second-order valence-corrected chi connectivity index (χ2v) is 46.7. The first-order valence-corrected chi connectivity index (χ1v) is 51.8. The van der Waals surface area contributed by atoms with Gasteiger partial charge in [-0.1, -0.05) is 398 Å². The van der Waals surface area contributed by atoms with Crippen molar-refractivity contribution >= 4 is 141 Å². The average Bonchev–Trinajstić information content (AvgIpc) is 1.57. The maximum Gasteiger partial charge on any atom is 0.143 e. The van der Waals surface area contributed by atoms with Crippen molar-refractivity contribution in [2.75, 3.05) is 0 Å². The van der Waals surface area contributed by atoms with Crippen LogP contribution in [0, 0.1) is 0 Å². The minimum atomic E-state index is 0.0512. The molecule has 0 aliphatic rings. The van der Waals surface area contributed by atoms with Crippen molar-refractivity contribution in [3.05, 3.63) is 446 Å². The van der Waals surface area contributed by atoms with E-state index in [0.29, 0.717) is 0 Å². The molecule has 0 amide bonds. The van der Waals surface area contributed by atoms with Crippen molar-refractivity contribution in [1.29, 1.82) is 0 Å². The molecule has 0 radical (unpaired) electrons. The van der Waals surface area contributed by atoms with Crippen LogP contribution < -0.4 is 0 Å². The van der Waals surface area contributed by atoms with Crippen molar-refractivity contribution in [1.82, 2.24) is 18.3 Å². The lowest BCUT2D eigenvalue weighted by molar-refractivity contribution is 0.590. The molecule has 25 rings (SSSR count). The Morgan fingerprint density at radius 2 is 0.451 bits per heavy atom. The third-order valence-corrected chi connectivity index (χ3v) is 31.1. The number of hydrogen-bond acceptors (Lipinski definition) is 2. The van der Waals surface area contributed by atoms with Gasteiger partial charge in [0.1, 0.15) is 11.2 Å². The van der Waals surface area contributed by atoms with Gasteiger partial charge in [-0.2, -0.15) is 0 Å². The predicted octanol–water partition coefficient (Wildman–Crippen LogP) is 39.5. The highest BCUT2D eigenvalue weighted by Gasteiger charge is 2.30. The molecule has 5 nitrogen and oxygen atoms in total. The summed E-state index contributed by atoms with van der Waals surface area (Å²) >= 11 is 1.88. The Hall–Kier alpha value is -15.6. The fourth-order valence-electron chi connectivity index (χ4n) is 22.1. The van der Waals surface area contributed by atoms with E-state index < -0.39 is 0 Å². The summed E-state index contributed by atoms with van der Waals surface area (Å²) in [7, 11) is 0. The Labute approximate surface area is 849 Å². The van der Waals surface area contributed by atoms with E-state index in [-0.39, 0.29) is 32.5 Å². The number of hydrogen-bond donors (Lipinski definition) is 0. The molecule has 6 heterocycles. The SMILES string of the molecule is CC(C)(C)c1ccc2c(c1)c1cc(C(C)(C)C)ccc1n2-c1ccccc1-c1ccccc1-c1ccc2c(c1)c1ccccc1n2-c1ccccc1.CC(C)(C)c1ccc2c(c1)c1cc(C(C)(C)C)ccc1n2-c1ccccc1-c1ccccc1-c1ccc2c(c1)sc1ccccc12.CC(C)(C)c1ccc2c(c1)c1cc(C(C)(C)C)ccc1n2-c1ccccc1-c1ccccc1-c1cccc2c1oc1ccccc12. The molecule has 0 atom stereocenters. The van der Waals surface area contributed by atoms with Crippen LogP contribution in [0.5, 0.6) is 0 Å². The first-order chi connectivity index (χ1) is 69.2. The Bertz CT molecular complexity index is 9180. The number of para-hydroxylation sites is 7. The molecule has 0 saturated heterocycles. The number of nitrogens with zero attached hydrogens (tertiary/aromatic N) is 4. The highest BCUT2D eigenvalue weighted by atomic mass is 32.1. The number of aromatic nitrogens is 4. The summed E-state index contributed by atoms with van der Waals surface area (Å²) in [6, 6.07) is 153. The standard InChI is InChI=1S/C50H44N2.C44H39NO.C44H39NS/c1-49(2,3)34-25-28-47-42(31-34)43-32-35(50(4,5)6)26-29-48(43)52(47)45-23-15-12-20-39(45)38-19-11-10-18-37(38)33-24-27-46-41(30-33)40-21-13-14-22-44(40)51(46)36-16-8-7-9-17-36;1-43(2,3)28-22-24-39-36(26-28)37-27-29(44(4,5)6)23-25-40(37)45(39)38-20-11-9-16-32(38)30-14-7-8-15-31(30)34-18-13-19-35-33-17-10-12-21-41(33)46-42(34)35;1-43(2,3)29-20-23-39-36(26-29)37-27-30(44(4,5)6)21-24-40(37)45(39)38-17-11-9-15-33(38)32-14-8-7-13-31(32)28-19-22-35-34-16-10-12-18-41(34)46-42(35)25-28/h7-32H,1-6H3;2*7-27H,1-6H3. The third kappa shape index (κ3) is 16.3. The molecule has 144 heavy (non-hydrogen) atoms. The minimum Gasteiger partial charge on any atom is -0.455 e. The van der Waals surface area contributed by atoms with Gasteiger partial charge in [0, 0.05) is 102 Å². The number of fused-ring (bicyclic) bond motifs is 18. The van der Waals surface area contributed by atoms with E-state index in [1.54, 1.807) is 0 Å². The molecule has 19 aromatic carbocycles. The van der Waals surface area contributed by atoms with E-state index in [4.69, 9.17) is 4.42 Å². The molecule has 0 N–H and O–H groups in total. The molecule has 6 aromatic heterocycles. The molecule has 25 aromatic rings. The van der Waals surface area contributed by atoms with Crippen molar-refractivity contribution in [2.24, 2.45) is 0 Å². The Morgan fingerprint density at radius 1 is 0.174 bits per heavy atom. The van der Waals surface area contributed by atoms with Crippen LogP contribution in [0.3, 0.4) is 0 Å². The van der Waals surface area contributed by atoms with Crippen LogP contribution in [-0.4, -0.2) is 18.3 Å². The second-order valence-electron chi connectivity index (χ2n) is 45.6. The zero-order valence-electron chi connectivity index (χ0n) is 85.9. The minimum absolute atomic E-state index is 0.0512. The molecule has 0 unspecified atom stereocenters. The van der Waals surface area contributed by atoms with Gasteiger partial charge < -0.3 is 22.7 Å². The predicted molar refractivity (Wildman–Crippen MR) is 622 cm³/mol. The van der Waals surface area contributed by atoms with Crippen LogP contribution in [-0.2, 0) is 32.5 Å². The molecule has 0 aliphatic heterocycles. The fourth-order valence-corrected chi connectivity index (χ4v) is 23.2. The largest absolute Gasteiger partial charge is 0.455 e. The van der Waals surface area contributed by atoms with Gasteiger partial charge in [0.15, 0.2) is 0 Å². The Balaban J connectivity index is 0.000000120. The fraction of sp³-hybridized carbons (Fsp3) is 0.174. The highest BCUT2D eigenvalue weighted by molar-refractivity contribution is 7.25. The van der Waals surface area contributed by atoms with E-state index in [0.717, 1.165) is 33.1 Å². The van der Waals surface area contributed by atoms with Gasteiger partial charge in [-0.05, 0) is 250 Å². The number of thiophene rings is 1. The van der Waals surface area contributed by atoms with Crippen LogP contribution in [0.15, 0.2) is 417 Å². The lowest BCUT2D eigenvalue weighted by atomic mass is 9.85. The molecule has 0 bridgehead atoms. The molecule has 6 heteroatoms. The molecular weight excluding hydrogens is 1760 g/mol. The van der Waals surface area contributed by atoms with Crippen molar-refractivity contribution in [3.63, 3.8) is 0 Å². The number of furan rings is 1. The maximum atomic E-state index is 6.52. The molecular formula is C138H122N4OS. The molecule has 0 spiro atoms. The first kappa shape index (κ1) is 92.1. The van der Waals surface area contributed by atoms with Gasteiger partial charge in [-0.3, -0.25) is 0 Å².